The molecular formula is C11H11ClN2O3. The SMILES string of the molecule is COc1cc(COc2c(C)ccnc2Cl)on1. The highest BCUT2D eigenvalue weighted by molar-refractivity contribution is 6.30. The van der Waals surface area contributed by atoms with Crippen LogP contribution in [0.2, 0.25) is 5.15 Å². The number of halogens is 1. The molecule has 0 amide bonds. The van der Waals surface area contributed by atoms with Gasteiger partial charge in [-0.1, -0.05) is 11.6 Å². The molecule has 2 rings (SSSR count). The Morgan fingerprint density at radius 2 is 2.29 bits per heavy atom. The van der Waals surface area contributed by atoms with E-state index in [1.165, 1.54) is 7.11 Å². The Labute approximate surface area is 103 Å². The van der Waals surface area contributed by atoms with E-state index < -0.39 is 0 Å². The molecule has 6 heteroatoms. The number of hydrogen-bond acceptors (Lipinski definition) is 5. The van der Waals surface area contributed by atoms with Crippen molar-refractivity contribution in [3.05, 3.63) is 34.8 Å². The minimum atomic E-state index is 0.225. The third-order valence-corrected chi connectivity index (χ3v) is 2.43. The molecule has 2 aromatic rings. The van der Waals surface area contributed by atoms with Crippen LogP contribution in [0, 0.1) is 6.92 Å². The van der Waals surface area contributed by atoms with Gasteiger partial charge in [0.15, 0.2) is 16.7 Å². The summed E-state index contributed by atoms with van der Waals surface area (Å²) in [4.78, 5) is 3.94. The molecule has 2 aromatic heterocycles. The van der Waals surface area contributed by atoms with Crippen LogP contribution in [0.5, 0.6) is 11.6 Å². The standard InChI is InChI=1S/C11H11ClN2O3/c1-7-3-4-13-11(12)10(7)16-6-8-5-9(15-2)14-17-8/h3-5H,6H2,1-2H3. The fourth-order valence-electron chi connectivity index (χ4n) is 1.29. The predicted molar refractivity (Wildman–Crippen MR) is 61.4 cm³/mol. The summed E-state index contributed by atoms with van der Waals surface area (Å²) in [5.41, 5.74) is 0.913. The number of aryl methyl sites for hydroxylation is 1. The summed E-state index contributed by atoms with van der Waals surface area (Å²) in [6, 6.07) is 3.47. The lowest BCUT2D eigenvalue weighted by molar-refractivity contribution is 0.243. The summed E-state index contributed by atoms with van der Waals surface area (Å²) in [6.45, 7) is 2.12. The van der Waals surface area contributed by atoms with Crippen molar-refractivity contribution in [1.29, 1.82) is 0 Å². The first-order chi connectivity index (χ1) is 8.20. The van der Waals surface area contributed by atoms with Crippen molar-refractivity contribution in [1.82, 2.24) is 10.1 Å². The zero-order valence-electron chi connectivity index (χ0n) is 9.44. The molecule has 0 unspecified atom stereocenters. The molecule has 0 spiro atoms. The first-order valence-corrected chi connectivity index (χ1v) is 5.32. The number of hydrogen-bond donors (Lipinski definition) is 0. The molecule has 0 saturated carbocycles. The van der Waals surface area contributed by atoms with Crippen molar-refractivity contribution in [3.8, 4) is 11.6 Å². The van der Waals surface area contributed by atoms with E-state index in [4.69, 9.17) is 25.6 Å². The first-order valence-electron chi connectivity index (χ1n) is 4.94. The smallest absolute Gasteiger partial charge is 0.254 e. The van der Waals surface area contributed by atoms with E-state index >= 15 is 0 Å². The molecular weight excluding hydrogens is 244 g/mol. The maximum Gasteiger partial charge on any atom is 0.254 e. The predicted octanol–water partition coefficient (Wildman–Crippen LogP) is 2.62. The number of ether oxygens (including phenoxy) is 2. The average Bonchev–Trinajstić information content (AvgIpc) is 2.76. The second kappa shape index (κ2) is 5.05. The van der Waals surface area contributed by atoms with Crippen molar-refractivity contribution in [2.24, 2.45) is 0 Å². The molecule has 0 aromatic carbocycles. The van der Waals surface area contributed by atoms with E-state index in [0.29, 0.717) is 22.5 Å². The van der Waals surface area contributed by atoms with Crippen LogP contribution in [-0.4, -0.2) is 17.3 Å². The molecule has 0 aliphatic heterocycles. The Morgan fingerprint density at radius 1 is 1.47 bits per heavy atom. The Balaban J connectivity index is 2.07. The van der Waals surface area contributed by atoms with E-state index in [1.807, 2.05) is 13.0 Å². The van der Waals surface area contributed by atoms with Crippen molar-refractivity contribution < 1.29 is 14.0 Å². The highest BCUT2D eigenvalue weighted by atomic mass is 35.5. The van der Waals surface area contributed by atoms with Crippen LogP contribution >= 0.6 is 11.6 Å². The van der Waals surface area contributed by atoms with Crippen molar-refractivity contribution >= 4 is 11.6 Å². The molecule has 0 fully saturated rings. The van der Waals surface area contributed by atoms with Crippen molar-refractivity contribution in [2.45, 2.75) is 13.5 Å². The van der Waals surface area contributed by atoms with Crippen molar-refractivity contribution in [2.75, 3.05) is 7.11 Å². The normalized spacial score (nSPS) is 10.3. The summed E-state index contributed by atoms with van der Waals surface area (Å²) in [5.74, 6) is 1.52. The van der Waals surface area contributed by atoms with E-state index in [-0.39, 0.29) is 6.61 Å². The fourth-order valence-corrected chi connectivity index (χ4v) is 1.55. The zero-order valence-corrected chi connectivity index (χ0v) is 10.2. The molecule has 0 radical (unpaired) electrons. The zero-order chi connectivity index (χ0) is 12.3. The van der Waals surface area contributed by atoms with Gasteiger partial charge in [0.05, 0.1) is 7.11 Å². The molecule has 0 bridgehead atoms. The number of methoxy groups -OCH3 is 1. The second-order valence-electron chi connectivity index (χ2n) is 3.37. The summed E-state index contributed by atoms with van der Waals surface area (Å²) in [7, 11) is 1.52. The van der Waals surface area contributed by atoms with E-state index in [0.717, 1.165) is 5.56 Å². The Hall–Kier alpha value is -1.75. The molecule has 0 N–H and O–H groups in total. The molecule has 0 atom stereocenters. The number of nitrogens with zero attached hydrogens (tertiary/aromatic N) is 2. The van der Waals surface area contributed by atoms with Gasteiger partial charge in [0.2, 0.25) is 0 Å². The minimum absolute atomic E-state index is 0.225. The van der Waals surface area contributed by atoms with Gasteiger partial charge in [-0.2, -0.15) is 0 Å². The number of aromatic nitrogens is 2. The van der Waals surface area contributed by atoms with Gasteiger partial charge in [0.25, 0.3) is 5.88 Å². The van der Waals surface area contributed by atoms with Gasteiger partial charge in [-0.3, -0.25) is 0 Å². The largest absolute Gasteiger partial charge is 0.482 e. The van der Waals surface area contributed by atoms with E-state index in [9.17, 15) is 0 Å². The summed E-state index contributed by atoms with van der Waals surface area (Å²) in [5, 5.41) is 4.00. The van der Waals surface area contributed by atoms with Gasteiger partial charge in [-0.25, -0.2) is 4.98 Å². The minimum Gasteiger partial charge on any atom is -0.482 e. The van der Waals surface area contributed by atoms with Crippen LogP contribution < -0.4 is 9.47 Å². The average molecular weight is 255 g/mol. The molecule has 90 valence electrons. The lowest BCUT2D eigenvalue weighted by Gasteiger charge is -2.07. The van der Waals surface area contributed by atoms with Crippen LogP contribution in [0.25, 0.3) is 0 Å². The van der Waals surface area contributed by atoms with Crippen LogP contribution in [0.1, 0.15) is 11.3 Å². The fraction of sp³-hybridized carbons (Fsp3) is 0.273. The topological polar surface area (TPSA) is 57.4 Å². The molecule has 0 saturated heterocycles. The van der Waals surface area contributed by atoms with Gasteiger partial charge in [-0.15, -0.1) is 0 Å². The van der Waals surface area contributed by atoms with Crippen LogP contribution in [0.15, 0.2) is 22.9 Å². The number of pyridine rings is 1. The molecule has 2 heterocycles. The van der Waals surface area contributed by atoms with Gasteiger partial charge in [0, 0.05) is 12.3 Å². The Bertz CT molecular complexity index is 493. The quantitative estimate of drug-likeness (QED) is 0.785. The second-order valence-corrected chi connectivity index (χ2v) is 3.73. The van der Waals surface area contributed by atoms with Gasteiger partial charge in [-0.05, 0) is 23.7 Å². The Morgan fingerprint density at radius 3 is 2.94 bits per heavy atom. The van der Waals surface area contributed by atoms with E-state index in [2.05, 4.69) is 10.1 Å². The van der Waals surface area contributed by atoms with Crippen molar-refractivity contribution in [3.63, 3.8) is 0 Å². The molecule has 17 heavy (non-hydrogen) atoms. The third-order valence-electron chi connectivity index (χ3n) is 2.16. The lowest BCUT2D eigenvalue weighted by Crippen LogP contribution is -1.97. The number of rotatable bonds is 4. The van der Waals surface area contributed by atoms with Gasteiger partial charge < -0.3 is 14.0 Å². The molecule has 0 aliphatic rings. The maximum atomic E-state index is 5.92. The highest BCUT2D eigenvalue weighted by Gasteiger charge is 2.09. The molecule has 5 nitrogen and oxygen atoms in total. The summed E-state index contributed by atoms with van der Waals surface area (Å²) >= 11 is 5.92. The maximum absolute atomic E-state index is 5.92. The lowest BCUT2D eigenvalue weighted by atomic mass is 10.3. The highest BCUT2D eigenvalue weighted by Crippen LogP contribution is 2.26. The van der Waals surface area contributed by atoms with Crippen LogP contribution in [0.4, 0.5) is 0 Å². The van der Waals surface area contributed by atoms with Gasteiger partial charge >= 0.3 is 0 Å². The van der Waals surface area contributed by atoms with Crippen LogP contribution in [-0.2, 0) is 6.61 Å². The van der Waals surface area contributed by atoms with Crippen LogP contribution in [0.3, 0.4) is 0 Å². The summed E-state index contributed by atoms with van der Waals surface area (Å²) in [6.07, 6.45) is 1.63. The monoisotopic (exact) mass is 254 g/mol. The van der Waals surface area contributed by atoms with E-state index in [1.54, 1.807) is 12.3 Å². The summed E-state index contributed by atoms with van der Waals surface area (Å²) < 4.78 is 15.4. The Kier molecular flexibility index (Phi) is 3.49. The molecule has 0 aliphatic carbocycles. The first kappa shape index (κ1) is 11.7. The third kappa shape index (κ3) is 2.68. The van der Waals surface area contributed by atoms with Gasteiger partial charge in [0.1, 0.15) is 6.61 Å².